The Morgan fingerprint density at radius 3 is 2.31 bits per heavy atom. The molecule has 0 saturated heterocycles. The van der Waals surface area contributed by atoms with Gasteiger partial charge in [-0.15, -0.1) is 0 Å². The summed E-state index contributed by atoms with van der Waals surface area (Å²) in [5.74, 6) is -1.71. The summed E-state index contributed by atoms with van der Waals surface area (Å²) in [6.07, 6.45) is -8.09. The molecule has 1 N–H and O–H groups in total. The van der Waals surface area contributed by atoms with Crippen LogP contribution in [0.15, 0.2) is 6.20 Å². The number of nitrogens with zero attached hydrogens (tertiary/aromatic N) is 2. The van der Waals surface area contributed by atoms with Crippen molar-refractivity contribution in [1.29, 1.82) is 5.26 Å². The lowest BCUT2D eigenvalue weighted by atomic mass is 10.1. The average molecular weight is 238 g/mol. The van der Waals surface area contributed by atoms with E-state index in [1.807, 2.05) is 0 Å². The summed E-state index contributed by atoms with van der Waals surface area (Å²) in [4.78, 5) is 2.73. The minimum Gasteiger partial charge on any atom is -0.505 e. The molecule has 0 unspecified atom stereocenters. The third kappa shape index (κ3) is 2.03. The molecule has 1 rings (SSSR count). The number of halogens is 5. The molecule has 0 amide bonds. The highest BCUT2D eigenvalue weighted by atomic mass is 19.4. The van der Waals surface area contributed by atoms with Crippen LogP contribution in [0.3, 0.4) is 0 Å². The van der Waals surface area contributed by atoms with E-state index in [-0.39, 0.29) is 0 Å². The molecule has 1 heterocycles. The first-order valence-corrected chi connectivity index (χ1v) is 3.76. The van der Waals surface area contributed by atoms with E-state index in [0.29, 0.717) is 6.20 Å². The van der Waals surface area contributed by atoms with Gasteiger partial charge in [0.1, 0.15) is 6.07 Å². The fraction of sp³-hybridized carbons (Fsp3) is 0.250. The Labute approximate surface area is 85.8 Å². The maximum absolute atomic E-state index is 12.3. The summed E-state index contributed by atoms with van der Waals surface area (Å²) in [5, 5.41) is 17.4. The number of aromatic hydroxyl groups is 1. The molecule has 0 atom stereocenters. The van der Waals surface area contributed by atoms with Crippen LogP contribution in [0.1, 0.15) is 23.2 Å². The second-order valence-electron chi connectivity index (χ2n) is 2.69. The smallest absolute Gasteiger partial charge is 0.437 e. The van der Waals surface area contributed by atoms with Crippen molar-refractivity contribution < 1.29 is 27.1 Å². The van der Waals surface area contributed by atoms with Crippen molar-refractivity contribution in [3.8, 4) is 11.8 Å². The van der Waals surface area contributed by atoms with Crippen molar-refractivity contribution in [2.24, 2.45) is 0 Å². The zero-order chi connectivity index (χ0) is 12.5. The standard InChI is InChI=1S/C8H3F5N2O/c9-7(10)4-3(1-14)2-15-6(5(4)16)8(11,12)13/h2,7,16H. The van der Waals surface area contributed by atoms with Gasteiger partial charge in [0, 0.05) is 6.20 Å². The van der Waals surface area contributed by atoms with Gasteiger partial charge < -0.3 is 5.11 Å². The lowest BCUT2D eigenvalue weighted by Gasteiger charge is -2.11. The van der Waals surface area contributed by atoms with Gasteiger partial charge >= 0.3 is 6.18 Å². The Morgan fingerprint density at radius 2 is 1.94 bits per heavy atom. The van der Waals surface area contributed by atoms with Crippen LogP contribution in [0, 0.1) is 11.3 Å². The highest BCUT2D eigenvalue weighted by molar-refractivity contribution is 5.48. The SMILES string of the molecule is N#Cc1cnc(C(F)(F)F)c(O)c1C(F)F. The average Bonchev–Trinajstić information content (AvgIpc) is 2.14. The van der Waals surface area contributed by atoms with E-state index in [4.69, 9.17) is 10.4 Å². The molecule has 0 aromatic carbocycles. The van der Waals surface area contributed by atoms with Crippen molar-refractivity contribution in [2.45, 2.75) is 12.6 Å². The van der Waals surface area contributed by atoms with Gasteiger partial charge in [-0.2, -0.15) is 18.4 Å². The van der Waals surface area contributed by atoms with Crippen LogP contribution < -0.4 is 0 Å². The quantitative estimate of drug-likeness (QED) is 0.765. The molecular weight excluding hydrogens is 235 g/mol. The molecule has 1 aromatic rings. The Bertz CT molecular complexity index is 449. The minimum absolute atomic E-state index is 0.351. The Kier molecular flexibility index (Phi) is 2.98. The Hall–Kier alpha value is -1.91. The van der Waals surface area contributed by atoms with Crippen molar-refractivity contribution in [3.63, 3.8) is 0 Å². The van der Waals surface area contributed by atoms with Crippen molar-refractivity contribution in [1.82, 2.24) is 4.98 Å². The lowest BCUT2D eigenvalue weighted by Crippen LogP contribution is -2.10. The Morgan fingerprint density at radius 1 is 1.38 bits per heavy atom. The first-order valence-electron chi connectivity index (χ1n) is 3.76. The summed E-state index contributed by atoms with van der Waals surface area (Å²) >= 11 is 0. The first-order chi connectivity index (χ1) is 7.29. The number of hydrogen-bond acceptors (Lipinski definition) is 3. The van der Waals surface area contributed by atoms with Crippen LogP contribution in [0.5, 0.6) is 5.75 Å². The third-order valence-corrected chi connectivity index (χ3v) is 1.70. The van der Waals surface area contributed by atoms with Crippen molar-refractivity contribution >= 4 is 0 Å². The van der Waals surface area contributed by atoms with E-state index in [2.05, 4.69) is 4.98 Å². The zero-order valence-corrected chi connectivity index (χ0v) is 7.39. The van der Waals surface area contributed by atoms with E-state index >= 15 is 0 Å². The Balaban J connectivity index is 3.52. The minimum atomic E-state index is -5.05. The summed E-state index contributed by atoms with van der Waals surface area (Å²) in [7, 11) is 0. The monoisotopic (exact) mass is 238 g/mol. The number of rotatable bonds is 1. The molecule has 86 valence electrons. The van der Waals surface area contributed by atoms with Crippen molar-refractivity contribution in [2.75, 3.05) is 0 Å². The van der Waals surface area contributed by atoms with Gasteiger partial charge in [0.2, 0.25) is 0 Å². The second-order valence-corrected chi connectivity index (χ2v) is 2.69. The molecule has 0 radical (unpaired) electrons. The summed E-state index contributed by atoms with van der Waals surface area (Å²) in [6.45, 7) is 0. The molecule has 0 fully saturated rings. The number of alkyl halides is 5. The topological polar surface area (TPSA) is 56.9 Å². The summed E-state index contributed by atoms with van der Waals surface area (Å²) < 4.78 is 61.2. The predicted octanol–water partition coefficient (Wildman–Crippen LogP) is 2.62. The first kappa shape index (κ1) is 12.2. The van der Waals surface area contributed by atoms with Gasteiger partial charge in [0.15, 0.2) is 11.4 Å². The van der Waals surface area contributed by atoms with Crippen LogP contribution in [0.25, 0.3) is 0 Å². The van der Waals surface area contributed by atoms with Gasteiger partial charge in [-0.3, -0.25) is 0 Å². The van der Waals surface area contributed by atoms with E-state index in [9.17, 15) is 22.0 Å². The normalized spacial score (nSPS) is 11.6. The molecule has 0 aliphatic carbocycles. The molecule has 0 saturated carbocycles. The molecule has 0 aliphatic heterocycles. The van der Waals surface area contributed by atoms with E-state index in [1.165, 1.54) is 6.07 Å². The fourth-order valence-electron chi connectivity index (χ4n) is 1.03. The van der Waals surface area contributed by atoms with Gasteiger partial charge in [-0.1, -0.05) is 0 Å². The largest absolute Gasteiger partial charge is 0.505 e. The van der Waals surface area contributed by atoms with Crippen LogP contribution in [-0.4, -0.2) is 10.1 Å². The predicted molar refractivity (Wildman–Crippen MR) is 40.6 cm³/mol. The van der Waals surface area contributed by atoms with Gasteiger partial charge in [-0.25, -0.2) is 13.8 Å². The molecule has 0 bridgehead atoms. The lowest BCUT2D eigenvalue weighted by molar-refractivity contribution is -0.142. The number of nitriles is 1. The maximum atomic E-state index is 12.3. The molecule has 3 nitrogen and oxygen atoms in total. The van der Waals surface area contributed by atoms with Crippen LogP contribution in [0.4, 0.5) is 22.0 Å². The maximum Gasteiger partial charge on any atom is 0.437 e. The number of pyridine rings is 1. The van der Waals surface area contributed by atoms with Gasteiger partial charge in [0.25, 0.3) is 6.43 Å². The van der Waals surface area contributed by atoms with E-state index in [1.54, 1.807) is 0 Å². The molecule has 0 spiro atoms. The zero-order valence-electron chi connectivity index (χ0n) is 7.39. The van der Waals surface area contributed by atoms with Gasteiger partial charge in [0.05, 0.1) is 11.1 Å². The molecule has 8 heteroatoms. The second kappa shape index (κ2) is 3.92. The number of aromatic nitrogens is 1. The molecule has 1 aromatic heterocycles. The molecule has 16 heavy (non-hydrogen) atoms. The van der Waals surface area contributed by atoms with E-state index in [0.717, 1.165) is 0 Å². The van der Waals surface area contributed by atoms with Crippen molar-refractivity contribution in [3.05, 3.63) is 23.0 Å². The number of hydrogen-bond donors (Lipinski definition) is 1. The highest BCUT2D eigenvalue weighted by Crippen LogP contribution is 2.40. The van der Waals surface area contributed by atoms with E-state index < -0.39 is 35.2 Å². The summed E-state index contributed by atoms with van der Waals surface area (Å²) in [5.41, 5.74) is -3.98. The summed E-state index contributed by atoms with van der Waals surface area (Å²) in [6, 6.07) is 1.23. The van der Waals surface area contributed by atoms with Crippen LogP contribution >= 0.6 is 0 Å². The van der Waals surface area contributed by atoms with Crippen LogP contribution in [0.2, 0.25) is 0 Å². The fourth-order valence-corrected chi connectivity index (χ4v) is 1.03. The highest BCUT2D eigenvalue weighted by Gasteiger charge is 2.38. The molecular formula is C8H3F5N2O. The molecule has 0 aliphatic rings. The third-order valence-electron chi connectivity index (χ3n) is 1.70. The van der Waals surface area contributed by atoms with Gasteiger partial charge in [-0.05, 0) is 0 Å². The van der Waals surface area contributed by atoms with Crippen LogP contribution in [-0.2, 0) is 6.18 Å².